The van der Waals surface area contributed by atoms with E-state index >= 15 is 0 Å². The van der Waals surface area contributed by atoms with E-state index in [-0.39, 0.29) is 18.5 Å². The minimum atomic E-state index is -0.733. The molecule has 1 unspecified atom stereocenters. The van der Waals surface area contributed by atoms with Crippen molar-refractivity contribution in [3.05, 3.63) is 59.7 Å². The molecule has 1 fully saturated rings. The molecule has 0 bridgehead atoms. The topological polar surface area (TPSA) is 79.3 Å². The van der Waals surface area contributed by atoms with E-state index in [1.54, 1.807) is 36.3 Å². The van der Waals surface area contributed by atoms with Crippen LogP contribution in [0, 0.1) is 5.41 Å². The molecule has 7 heteroatoms. The van der Waals surface area contributed by atoms with Crippen molar-refractivity contribution in [3.63, 3.8) is 0 Å². The predicted molar refractivity (Wildman–Crippen MR) is 126 cm³/mol. The summed E-state index contributed by atoms with van der Waals surface area (Å²) in [5.74, 6) is 1.12. The fourth-order valence-electron chi connectivity index (χ4n) is 4.31. The first-order valence-electron chi connectivity index (χ1n) is 11.6. The number of likely N-dealkylation sites (tertiary alicyclic amines) is 1. The molecule has 1 saturated heterocycles. The van der Waals surface area contributed by atoms with Crippen LogP contribution in [-0.4, -0.2) is 46.7 Å². The van der Waals surface area contributed by atoms with Crippen LogP contribution in [0.4, 0.5) is 4.79 Å². The maximum Gasteiger partial charge on any atom is 0.330 e. The number of aliphatic hydroxyl groups is 1. The Balaban J connectivity index is 1.84. The number of benzene rings is 2. The minimum Gasteiger partial charge on any atom is -0.497 e. The molecule has 2 aromatic carbocycles. The average molecular weight is 455 g/mol. The largest absolute Gasteiger partial charge is 0.497 e. The molecule has 3 rings (SSSR count). The van der Waals surface area contributed by atoms with Crippen LogP contribution < -0.4 is 9.47 Å². The number of hydrogen-bond donors (Lipinski definition) is 1. The smallest absolute Gasteiger partial charge is 0.330 e. The number of urea groups is 1. The van der Waals surface area contributed by atoms with Crippen LogP contribution >= 0.6 is 0 Å². The number of ether oxygens (including phenoxy) is 2. The van der Waals surface area contributed by atoms with E-state index in [2.05, 4.69) is 0 Å². The van der Waals surface area contributed by atoms with Gasteiger partial charge in [0.2, 0.25) is 5.91 Å². The molecule has 0 saturated carbocycles. The zero-order valence-electron chi connectivity index (χ0n) is 19.9. The molecule has 1 atom stereocenters. The highest BCUT2D eigenvalue weighted by Gasteiger charge is 2.63. The number of imide groups is 1. The lowest BCUT2D eigenvalue weighted by molar-refractivity contribution is -0.192. The summed E-state index contributed by atoms with van der Waals surface area (Å²) in [6, 6.07) is 14.3. The van der Waals surface area contributed by atoms with Gasteiger partial charge in [0.1, 0.15) is 16.9 Å². The molecule has 0 aromatic heterocycles. The molecule has 1 aliphatic rings. The van der Waals surface area contributed by atoms with Crippen LogP contribution in [0.2, 0.25) is 0 Å². The molecular formula is C26H34N2O5. The third kappa shape index (κ3) is 4.83. The zero-order chi connectivity index (χ0) is 24.0. The number of methoxy groups -OCH3 is 1. The summed E-state index contributed by atoms with van der Waals surface area (Å²) < 4.78 is 11.4. The van der Waals surface area contributed by atoms with Crippen molar-refractivity contribution in [1.29, 1.82) is 0 Å². The van der Waals surface area contributed by atoms with E-state index in [1.807, 2.05) is 45.0 Å². The molecule has 7 nitrogen and oxygen atoms in total. The lowest BCUT2D eigenvalue weighted by Crippen LogP contribution is -2.73. The Morgan fingerprint density at radius 3 is 2.09 bits per heavy atom. The maximum atomic E-state index is 13.6. The zero-order valence-corrected chi connectivity index (χ0v) is 19.9. The summed E-state index contributed by atoms with van der Waals surface area (Å²) in [6.45, 7) is 6.77. The third-order valence-electron chi connectivity index (χ3n) is 6.47. The van der Waals surface area contributed by atoms with Crippen molar-refractivity contribution in [2.75, 3.05) is 13.7 Å². The Morgan fingerprint density at radius 2 is 1.58 bits per heavy atom. The Labute approximate surface area is 195 Å². The van der Waals surface area contributed by atoms with Crippen LogP contribution in [0.25, 0.3) is 0 Å². The van der Waals surface area contributed by atoms with Crippen LogP contribution in [0.15, 0.2) is 48.5 Å². The fourth-order valence-corrected chi connectivity index (χ4v) is 4.31. The van der Waals surface area contributed by atoms with E-state index in [9.17, 15) is 14.7 Å². The molecular weight excluding hydrogens is 420 g/mol. The summed E-state index contributed by atoms with van der Waals surface area (Å²) in [5.41, 5.74) is 0.995. The molecule has 1 aliphatic heterocycles. The molecule has 33 heavy (non-hydrogen) atoms. The molecule has 0 aliphatic carbocycles. The van der Waals surface area contributed by atoms with E-state index in [1.165, 1.54) is 4.90 Å². The summed E-state index contributed by atoms with van der Waals surface area (Å²) in [7, 11) is 1.61. The Kier molecular flexibility index (Phi) is 7.97. The average Bonchev–Trinajstić information content (AvgIpc) is 2.85. The lowest BCUT2D eigenvalue weighted by atomic mass is 9.72. The van der Waals surface area contributed by atoms with Crippen LogP contribution in [0.3, 0.4) is 0 Å². The summed E-state index contributed by atoms with van der Waals surface area (Å²) >= 11 is 0. The van der Waals surface area contributed by atoms with Gasteiger partial charge in [-0.2, -0.15) is 0 Å². The van der Waals surface area contributed by atoms with E-state index in [4.69, 9.17) is 9.47 Å². The lowest BCUT2D eigenvalue weighted by Gasteiger charge is -2.54. The molecule has 0 spiro atoms. The van der Waals surface area contributed by atoms with Gasteiger partial charge in [-0.05, 0) is 54.7 Å². The second-order valence-electron chi connectivity index (χ2n) is 8.36. The van der Waals surface area contributed by atoms with Crippen molar-refractivity contribution in [2.45, 2.75) is 59.4 Å². The number of hydrogen-bond acceptors (Lipinski definition) is 5. The number of carbonyl (C=O) groups excluding carboxylic acids is 2. The van der Waals surface area contributed by atoms with Crippen molar-refractivity contribution in [2.24, 2.45) is 5.41 Å². The van der Waals surface area contributed by atoms with Gasteiger partial charge < -0.3 is 19.5 Å². The summed E-state index contributed by atoms with van der Waals surface area (Å²) in [4.78, 5) is 29.8. The summed E-state index contributed by atoms with van der Waals surface area (Å²) in [6.07, 6.45) is 1.25. The second kappa shape index (κ2) is 10.7. The van der Waals surface area contributed by atoms with E-state index in [0.717, 1.165) is 23.3 Å². The normalized spacial score (nSPS) is 16.8. The van der Waals surface area contributed by atoms with Crippen molar-refractivity contribution in [1.82, 2.24) is 9.80 Å². The van der Waals surface area contributed by atoms with Crippen molar-refractivity contribution in [3.8, 4) is 11.5 Å². The highest BCUT2D eigenvalue weighted by molar-refractivity contribution is 6.03. The Morgan fingerprint density at radius 1 is 1.00 bits per heavy atom. The van der Waals surface area contributed by atoms with Gasteiger partial charge in [0, 0.05) is 13.1 Å². The van der Waals surface area contributed by atoms with E-state index < -0.39 is 11.6 Å². The number of aliphatic hydroxyl groups excluding tert-OH is 1. The highest BCUT2D eigenvalue weighted by atomic mass is 16.5. The van der Waals surface area contributed by atoms with Gasteiger partial charge in [-0.25, -0.2) is 9.69 Å². The van der Waals surface area contributed by atoms with Gasteiger partial charge >= 0.3 is 6.03 Å². The molecule has 0 radical (unpaired) electrons. The quantitative estimate of drug-likeness (QED) is 0.532. The monoisotopic (exact) mass is 454 g/mol. The molecule has 1 N–H and O–H groups in total. The number of carbonyl (C=O) groups is 2. The fraction of sp³-hybridized carbons (Fsp3) is 0.462. The van der Waals surface area contributed by atoms with Crippen LogP contribution in [0.5, 0.6) is 11.5 Å². The van der Waals surface area contributed by atoms with Gasteiger partial charge in [0.05, 0.1) is 13.7 Å². The Bertz CT molecular complexity index is 938. The molecule has 178 valence electrons. The molecule has 2 aromatic rings. The highest BCUT2D eigenvalue weighted by Crippen LogP contribution is 2.46. The van der Waals surface area contributed by atoms with Gasteiger partial charge in [0.25, 0.3) is 0 Å². The standard InChI is InChI=1S/C26H34N2O5/c1-5-16-27(17-19-8-12-21(32-4)13-9-19)25(31)28-23(30)26(6-2,7-3)24(28)33-22-14-10-20(18-29)11-15-22/h8-15,24,29H,5-7,16-18H2,1-4H3. The van der Waals surface area contributed by atoms with Crippen molar-refractivity contribution < 1.29 is 24.2 Å². The van der Waals surface area contributed by atoms with Gasteiger partial charge in [-0.15, -0.1) is 0 Å². The van der Waals surface area contributed by atoms with Crippen molar-refractivity contribution >= 4 is 11.9 Å². The van der Waals surface area contributed by atoms with Gasteiger partial charge in [-0.3, -0.25) is 4.79 Å². The SMILES string of the molecule is CCCN(Cc1ccc(OC)cc1)C(=O)N1C(=O)C(CC)(CC)C1Oc1ccc(CO)cc1. The first-order valence-corrected chi connectivity index (χ1v) is 11.6. The van der Waals surface area contributed by atoms with Gasteiger partial charge in [-0.1, -0.05) is 45.0 Å². The number of nitrogens with zero attached hydrogens (tertiary/aromatic N) is 2. The number of amides is 3. The van der Waals surface area contributed by atoms with E-state index in [0.29, 0.717) is 31.7 Å². The predicted octanol–water partition coefficient (Wildman–Crippen LogP) is 4.57. The molecule has 1 heterocycles. The maximum absolute atomic E-state index is 13.6. The Hall–Kier alpha value is -3.06. The van der Waals surface area contributed by atoms with Gasteiger partial charge in [0.15, 0.2) is 6.23 Å². The third-order valence-corrected chi connectivity index (χ3v) is 6.47. The number of β-lactam (4-membered cyclic amide) rings is 1. The van der Waals surface area contributed by atoms with Crippen LogP contribution in [0.1, 0.15) is 51.2 Å². The summed E-state index contributed by atoms with van der Waals surface area (Å²) in [5, 5.41) is 9.29. The molecule has 3 amide bonds. The van der Waals surface area contributed by atoms with Crippen LogP contribution in [-0.2, 0) is 17.9 Å². The first kappa shape index (κ1) is 24.6. The number of rotatable bonds is 10. The minimum absolute atomic E-state index is 0.0575. The second-order valence-corrected chi connectivity index (χ2v) is 8.36. The first-order chi connectivity index (χ1) is 15.9.